The molecule has 1 amide bonds. The summed E-state index contributed by atoms with van der Waals surface area (Å²) >= 11 is 0. The first kappa shape index (κ1) is 18.7. The fraction of sp³-hybridized carbons (Fsp3) is 0.158. The van der Waals surface area contributed by atoms with Gasteiger partial charge in [0.1, 0.15) is 5.76 Å². The van der Waals surface area contributed by atoms with E-state index in [9.17, 15) is 13.2 Å². The Kier molecular flexibility index (Phi) is 5.00. The summed E-state index contributed by atoms with van der Waals surface area (Å²) in [4.78, 5) is 12.4. The Bertz CT molecular complexity index is 1090. The third-order valence-electron chi connectivity index (χ3n) is 4.06. The van der Waals surface area contributed by atoms with Crippen LogP contribution >= 0.6 is 0 Å². The minimum Gasteiger partial charge on any atom is -0.360 e. The zero-order valence-electron chi connectivity index (χ0n) is 15.1. The number of amides is 1. The van der Waals surface area contributed by atoms with Crippen molar-refractivity contribution in [1.82, 2.24) is 5.16 Å². The number of hydrogen-bond acceptors (Lipinski definition) is 5. The molecule has 3 rings (SSSR count). The molecule has 0 aliphatic carbocycles. The number of benzene rings is 2. The van der Waals surface area contributed by atoms with Gasteiger partial charge < -0.3 is 9.84 Å². The first-order valence-corrected chi connectivity index (χ1v) is 9.68. The summed E-state index contributed by atoms with van der Waals surface area (Å²) in [6, 6.07) is 12.8. The van der Waals surface area contributed by atoms with Crippen LogP contribution in [0.1, 0.15) is 27.2 Å². The fourth-order valence-electron chi connectivity index (χ4n) is 2.42. The van der Waals surface area contributed by atoms with Gasteiger partial charge in [-0.2, -0.15) is 0 Å². The Morgan fingerprint density at radius 3 is 2.26 bits per heavy atom. The maximum atomic E-state index is 12.4. The summed E-state index contributed by atoms with van der Waals surface area (Å²) in [5.41, 5.74) is 3.24. The Morgan fingerprint density at radius 2 is 1.67 bits per heavy atom. The van der Waals surface area contributed by atoms with Gasteiger partial charge in [0.2, 0.25) is 0 Å². The Labute approximate surface area is 157 Å². The monoisotopic (exact) mass is 385 g/mol. The summed E-state index contributed by atoms with van der Waals surface area (Å²) in [7, 11) is -3.82. The number of aryl methyl sites for hydroxylation is 3. The van der Waals surface area contributed by atoms with Crippen molar-refractivity contribution < 1.29 is 17.7 Å². The normalized spacial score (nSPS) is 11.2. The number of nitrogens with zero attached hydrogens (tertiary/aromatic N) is 1. The molecule has 0 aliphatic rings. The van der Waals surface area contributed by atoms with Crippen molar-refractivity contribution >= 4 is 27.4 Å². The highest BCUT2D eigenvalue weighted by atomic mass is 32.2. The molecule has 0 saturated heterocycles. The molecule has 0 unspecified atom stereocenters. The number of hydrogen-bond donors (Lipinski definition) is 2. The number of rotatable bonds is 5. The smallest absolute Gasteiger partial charge is 0.263 e. The summed E-state index contributed by atoms with van der Waals surface area (Å²) in [6.45, 7) is 5.62. The molecular weight excluding hydrogens is 366 g/mol. The van der Waals surface area contributed by atoms with Crippen molar-refractivity contribution in [3.8, 4) is 0 Å². The molecule has 1 aromatic heterocycles. The molecule has 2 N–H and O–H groups in total. The van der Waals surface area contributed by atoms with Crippen LogP contribution in [-0.2, 0) is 10.0 Å². The lowest BCUT2D eigenvalue weighted by molar-refractivity contribution is 0.102. The van der Waals surface area contributed by atoms with E-state index in [4.69, 9.17) is 4.52 Å². The molecule has 7 nitrogen and oxygen atoms in total. The van der Waals surface area contributed by atoms with E-state index in [-0.39, 0.29) is 16.6 Å². The van der Waals surface area contributed by atoms with Crippen LogP contribution < -0.4 is 10.0 Å². The third kappa shape index (κ3) is 4.35. The van der Waals surface area contributed by atoms with Crippen LogP contribution in [0.2, 0.25) is 0 Å². The van der Waals surface area contributed by atoms with Crippen LogP contribution in [0.3, 0.4) is 0 Å². The second kappa shape index (κ2) is 7.24. The standard InChI is InChI=1S/C19H19N3O4S/c1-12-4-7-16(10-13(12)2)20-19(23)15-5-8-17(9-6-15)27(24,25)22-18-11-14(3)26-21-18/h4-11H,1-3H3,(H,20,23)(H,21,22). The van der Waals surface area contributed by atoms with E-state index < -0.39 is 10.0 Å². The predicted molar refractivity (Wildman–Crippen MR) is 102 cm³/mol. The van der Waals surface area contributed by atoms with Gasteiger partial charge in [-0.15, -0.1) is 0 Å². The molecule has 0 aliphatic heterocycles. The second-order valence-corrected chi connectivity index (χ2v) is 7.89. The lowest BCUT2D eigenvalue weighted by Gasteiger charge is -2.09. The van der Waals surface area contributed by atoms with E-state index in [0.717, 1.165) is 11.1 Å². The summed E-state index contributed by atoms with van der Waals surface area (Å²) in [6.07, 6.45) is 0. The van der Waals surface area contributed by atoms with E-state index in [1.807, 2.05) is 32.0 Å². The quantitative estimate of drug-likeness (QED) is 0.698. The first-order valence-electron chi connectivity index (χ1n) is 8.19. The molecule has 0 fully saturated rings. The van der Waals surface area contributed by atoms with Crippen molar-refractivity contribution in [2.45, 2.75) is 25.7 Å². The molecular formula is C19H19N3O4S. The lowest BCUT2D eigenvalue weighted by Crippen LogP contribution is -2.15. The zero-order valence-corrected chi connectivity index (χ0v) is 15.9. The largest absolute Gasteiger partial charge is 0.360 e. The van der Waals surface area contributed by atoms with Gasteiger partial charge in [0, 0.05) is 17.3 Å². The van der Waals surface area contributed by atoms with Crippen molar-refractivity contribution in [3.05, 3.63) is 71.0 Å². The minimum atomic E-state index is -3.82. The van der Waals surface area contributed by atoms with Gasteiger partial charge in [0.15, 0.2) is 5.82 Å². The van der Waals surface area contributed by atoms with Crippen LogP contribution in [0.4, 0.5) is 11.5 Å². The van der Waals surface area contributed by atoms with Gasteiger partial charge >= 0.3 is 0 Å². The SMILES string of the molecule is Cc1cc(NS(=O)(=O)c2ccc(C(=O)Nc3ccc(C)c(C)c3)cc2)no1. The molecule has 0 spiro atoms. The van der Waals surface area contributed by atoms with Crippen molar-refractivity contribution in [3.63, 3.8) is 0 Å². The maximum Gasteiger partial charge on any atom is 0.263 e. The van der Waals surface area contributed by atoms with E-state index in [2.05, 4.69) is 15.2 Å². The van der Waals surface area contributed by atoms with Gasteiger partial charge in [0.05, 0.1) is 4.90 Å². The molecule has 1 heterocycles. The second-order valence-electron chi connectivity index (χ2n) is 6.21. The minimum absolute atomic E-state index is 0.0193. The Hall–Kier alpha value is -3.13. The fourth-order valence-corrected chi connectivity index (χ4v) is 3.40. The average Bonchev–Trinajstić information content (AvgIpc) is 3.02. The van der Waals surface area contributed by atoms with E-state index >= 15 is 0 Å². The summed E-state index contributed by atoms with van der Waals surface area (Å²) < 4.78 is 31.9. The number of carbonyl (C=O) groups is 1. The van der Waals surface area contributed by atoms with E-state index in [1.54, 1.807) is 6.92 Å². The van der Waals surface area contributed by atoms with Crippen LogP contribution in [0.5, 0.6) is 0 Å². The maximum absolute atomic E-state index is 12.4. The number of nitrogens with one attached hydrogen (secondary N) is 2. The molecule has 0 bridgehead atoms. The molecule has 2 aromatic carbocycles. The predicted octanol–water partition coefficient (Wildman–Crippen LogP) is 3.65. The van der Waals surface area contributed by atoms with E-state index in [1.165, 1.54) is 30.3 Å². The Morgan fingerprint density at radius 1 is 0.963 bits per heavy atom. The van der Waals surface area contributed by atoms with Crippen LogP contribution in [0.25, 0.3) is 0 Å². The van der Waals surface area contributed by atoms with Gasteiger partial charge in [0.25, 0.3) is 15.9 Å². The molecule has 140 valence electrons. The number of carbonyl (C=O) groups excluding carboxylic acids is 1. The highest BCUT2D eigenvalue weighted by Gasteiger charge is 2.17. The average molecular weight is 385 g/mol. The third-order valence-corrected chi connectivity index (χ3v) is 5.43. The van der Waals surface area contributed by atoms with Crippen LogP contribution in [-0.4, -0.2) is 19.5 Å². The molecule has 8 heteroatoms. The topological polar surface area (TPSA) is 101 Å². The van der Waals surface area contributed by atoms with Gasteiger partial charge in [-0.1, -0.05) is 11.2 Å². The molecule has 3 aromatic rings. The number of sulfonamides is 1. The van der Waals surface area contributed by atoms with Gasteiger partial charge in [-0.25, -0.2) is 8.42 Å². The van der Waals surface area contributed by atoms with Crippen LogP contribution in [0.15, 0.2) is 57.9 Å². The van der Waals surface area contributed by atoms with Gasteiger partial charge in [-0.3, -0.25) is 9.52 Å². The van der Waals surface area contributed by atoms with Crippen molar-refractivity contribution in [1.29, 1.82) is 0 Å². The summed E-state index contributed by atoms with van der Waals surface area (Å²) in [5, 5.41) is 6.40. The number of aromatic nitrogens is 1. The molecule has 0 radical (unpaired) electrons. The zero-order chi connectivity index (χ0) is 19.6. The summed E-state index contributed by atoms with van der Waals surface area (Å²) in [5.74, 6) is 0.275. The highest BCUT2D eigenvalue weighted by molar-refractivity contribution is 7.92. The highest BCUT2D eigenvalue weighted by Crippen LogP contribution is 2.18. The first-order chi connectivity index (χ1) is 12.7. The van der Waals surface area contributed by atoms with Crippen molar-refractivity contribution in [2.75, 3.05) is 10.0 Å². The van der Waals surface area contributed by atoms with Crippen LogP contribution in [0, 0.1) is 20.8 Å². The van der Waals surface area contributed by atoms with E-state index in [0.29, 0.717) is 17.0 Å². The van der Waals surface area contributed by atoms with Gasteiger partial charge in [-0.05, 0) is 68.3 Å². The van der Waals surface area contributed by atoms with Crippen molar-refractivity contribution in [2.24, 2.45) is 0 Å². The molecule has 27 heavy (non-hydrogen) atoms. The number of anilines is 2. The Balaban J connectivity index is 1.74. The molecule has 0 saturated carbocycles. The lowest BCUT2D eigenvalue weighted by atomic mass is 10.1. The molecule has 0 atom stereocenters.